The zero-order valence-electron chi connectivity index (χ0n) is 7.37. The second kappa shape index (κ2) is 3.62. The van der Waals surface area contributed by atoms with E-state index in [0.717, 1.165) is 12.1 Å². The molecule has 0 aliphatic heterocycles. The summed E-state index contributed by atoms with van der Waals surface area (Å²) in [5, 5.41) is 3.51. The van der Waals surface area contributed by atoms with Gasteiger partial charge >= 0.3 is 6.01 Å². The predicted octanol–water partition coefficient (Wildman–Crippen LogP) is 1.30. The van der Waals surface area contributed by atoms with Crippen molar-refractivity contribution in [2.75, 3.05) is 5.43 Å². The third-order valence-electron chi connectivity index (χ3n) is 1.73. The summed E-state index contributed by atoms with van der Waals surface area (Å²) in [5.74, 6) is 3.24. The van der Waals surface area contributed by atoms with Crippen LogP contribution in [0.4, 0.5) is 14.8 Å². The highest BCUT2D eigenvalue weighted by Gasteiger charge is 2.10. The SMILES string of the molecule is NNc1nc(-c2ccc(F)c(F)c2)no1. The fourth-order valence-corrected chi connectivity index (χ4v) is 1.03. The molecule has 1 heterocycles. The molecule has 2 aromatic rings. The summed E-state index contributed by atoms with van der Waals surface area (Å²) in [6.45, 7) is 0. The summed E-state index contributed by atoms with van der Waals surface area (Å²) >= 11 is 0. The van der Waals surface area contributed by atoms with Crippen molar-refractivity contribution in [2.24, 2.45) is 5.84 Å². The molecule has 0 fully saturated rings. The molecule has 15 heavy (non-hydrogen) atoms. The molecule has 0 radical (unpaired) electrons. The number of nitrogens with one attached hydrogen (secondary N) is 1. The van der Waals surface area contributed by atoms with Crippen molar-refractivity contribution in [3.8, 4) is 11.4 Å². The van der Waals surface area contributed by atoms with E-state index in [9.17, 15) is 8.78 Å². The minimum atomic E-state index is -0.973. The van der Waals surface area contributed by atoms with Crippen LogP contribution in [0.5, 0.6) is 0 Å². The quantitative estimate of drug-likeness (QED) is 0.579. The Bertz CT molecular complexity index is 485. The third kappa shape index (κ3) is 1.77. The van der Waals surface area contributed by atoms with E-state index in [2.05, 4.69) is 20.1 Å². The van der Waals surface area contributed by atoms with E-state index < -0.39 is 11.6 Å². The van der Waals surface area contributed by atoms with Gasteiger partial charge in [0, 0.05) is 5.56 Å². The van der Waals surface area contributed by atoms with Gasteiger partial charge in [-0.05, 0) is 18.2 Å². The zero-order valence-corrected chi connectivity index (χ0v) is 7.37. The van der Waals surface area contributed by atoms with Crippen LogP contribution in [-0.4, -0.2) is 10.1 Å². The molecule has 0 amide bonds. The lowest BCUT2D eigenvalue weighted by molar-refractivity contribution is 0.432. The maximum absolute atomic E-state index is 12.9. The maximum atomic E-state index is 12.9. The number of rotatable bonds is 2. The maximum Gasteiger partial charge on any atom is 0.335 e. The number of benzene rings is 1. The van der Waals surface area contributed by atoms with Gasteiger partial charge in [0.05, 0.1) is 0 Å². The summed E-state index contributed by atoms with van der Waals surface area (Å²) < 4.78 is 30.1. The van der Waals surface area contributed by atoms with Gasteiger partial charge in [-0.1, -0.05) is 5.16 Å². The Hall–Kier alpha value is -2.02. The van der Waals surface area contributed by atoms with Gasteiger partial charge in [0.25, 0.3) is 0 Å². The molecule has 1 aromatic carbocycles. The molecule has 0 aliphatic carbocycles. The van der Waals surface area contributed by atoms with Crippen molar-refractivity contribution in [1.82, 2.24) is 10.1 Å². The van der Waals surface area contributed by atoms with Crippen molar-refractivity contribution in [2.45, 2.75) is 0 Å². The number of aromatic nitrogens is 2. The number of anilines is 1. The number of halogens is 2. The normalized spacial score (nSPS) is 10.3. The molecule has 2 rings (SSSR count). The van der Waals surface area contributed by atoms with E-state index in [-0.39, 0.29) is 11.8 Å². The second-order valence-electron chi connectivity index (χ2n) is 2.70. The number of hydrazine groups is 1. The summed E-state index contributed by atoms with van der Waals surface area (Å²) in [7, 11) is 0. The van der Waals surface area contributed by atoms with Crippen LogP contribution < -0.4 is 11.3 Å². The van der Waals surface area contributed by atoms with Gasteiger partial charge in [-0.3, -0.25) is 5.43 Å². The van der Waals surface area contributed by atoms with Gasteiger partial charge in [-0.25, -0.2) is 14.6 Å². The first-order valence-electron chi connectivity index (χ1n) is 3.96. The third-order valence-corrected chi connectivity index (χ3v) is 1.73. The van der Waals surface area contributed by atoms with Gasteiger partial charge in [-0.15, -0.1) is 0 Å². The van der Waals surface area contributed by atoms with Crippen LogP contribution in [0.25, 0.3) is 11.4 Å². The standard InChI is InChI=1S/C8H6F2N4O/c9-5-2-1-4(3-6(5)10)7-12-8(13-11)15-14-7/h1-3H,11H2,(H,12,13,14). The Morgan fingerprint density at radius 3 is 2.67 bits per heavy atom. The second-order valence-corrected chi connectivity index (χ2v) is 2.70. The smallest absolute Gasteiger partial charge is 0.314 e. The van der Waals surface area contributed by atoms with Crippen LogP contribution in [0.1, 0.15) is 0 Å². The highest BCUT2D eigenvalue weighted by atomic mass is 19.2. The van der Waals surface area contributed by atoms with Crippen LogP contribution in [0, 0.1) is 11.6 Å². The van der Waals surface area contributed by atoms with E-state index in [4.69, 9.17) is 5.84 Å². The number of hydrogen-bond acceptors (Lipinski definition) is 5. The minimum Gasteiger partial charge on any atom is -0.314 e. The van der Waals surface area contributed by atoms with Crippen molar-refractivity contribution in [3.05, 3.63) is 29.8 Å². The molecular formula is C8H6F2N4O. The molecule has 0 saturated carbocycles. The fraction of sp³-hybridized carbons (Fsp3) is 0. The summed E-state index contributed by atoms with van der Waals surface area (Å²) in [6.07, 6.45) is 0. The van der Waals surface area contributed by atoms with E-state index >= 15 is 0 Å². The van der Waals surface area contributed by atoms with Crippen LogP contribution in [0.15, 0.2) is 22.7 Å². The minimum absolute atomic E-state index is 0.00488. The first kappa shape index (κ1) is 9.53. The van der Waals surface area contributed by atoms with Crippen molar-refractivity contribution < 1.29 is 13.3 Å². The lowest BCUT2D eigenvalue weighted by atomic mass is 10.2. The number of nitrogens with two attached hydrogens (primary N) is 1. The molecule has 5 nitrogen and oxygen atoms in total. The van der Waals surface area contributed by atoms with E-state index in [0.29, 0.717) is 5.56 Å². The largest absolute Gasteiger partial charge is 0.335 e. The van der Waals surface area contributed by atoms with Gasteiger partial charge in [-0.2, -0.15) is 4.98 Å². The summed E-state index contributed by atoms with van der Waals surface area (Å²) in [4.78, 5) is 3.77. The Kier molecular flexibility index (Phi) is 2.30. The predicted molar refractivity (Wildman–Crippen MR) is 47.5 cm³/mol. The van der Waals surface area contributed by atoms with E-state index in [1.54, 1.807) is 0 Å². The Morgan fingerprint density at radius 1 is 1.27 bits per heavy atom. The molecule has 7 heteroatoms. The molecule has 3 N–H and O–H groups in total. The first-order valence-corrected chi connectivity index (χ1v) is 3.96. The topological polar surface area (TPSA) is 77.0 Å². The van der Waals surface area contributed by atoms with Crippen molar-refractivity contribution >= 4 is 6.01 Å². The number of nitrogen functional groups attached to an aromatic ring is 1. The molecule has 0 aliphatic rings. The number of hydrogen-bond donors (Lipinski definition) is 2. The molecule has 1 aromatic heterocycles. The van der Waals surface area contributed by atoms with E-state index in [1.807, 2.05) is 0 Å². The molecular weight excluding hydrogens is 206 g/mol. The molecule has 0 unspecified atom stereocenters. The average molecular weight is 212 g/mol. The Labute approximate surface area is 82.9 Å². The van der Waals surface area contributed by atoms with Crippen molar-refractivity contribution in [1.29, 1.82) is 0 Å². The van der Waals surface area contributed by atoms with Gasteiger partial charge < -0.3 is 4.52 Å². The summed E-state index contributed by atoms with van der Waals surface area (Å²) in [6, 6.07) is 3.29. The fourth-order valence-electron chi connectivity index (χ4n) is 1.03. The van der Waals surface area contributed by atoms with Crippen LogP contribution in [0.2, 0.25) is 0 Å². The van der Waals surface area contributed by atoms with Crippen LogP contribution in [-0.2, 0) is 0 Å². The first-order chi connectivity index (χ1) is 7.20. The van der Waals surface area contributed by atoms with Gasteiger partial charge in [0.15, 0.2) is 11.6 Å². The highest BCUT2D eigenvalue weighted by Crippen LogP contribution is 2.19. The van der Waals surface area contributed by atoms with E-state index in [1.165, 1.54) is 6.07 Å². The van der Waals surface area contributed by atoms with Crippen LogP contribution in [0.3, 0.4) is 0 Å². The molecule has 0 saturated heterocycles. The zero-order chi connectivity index (χ0) is 10.8. The van der Waals surface area contributed by atoms with Gasteiger partial charge in [0.1, 0.15) is 0 Å². The molecule has 0 bridgehead atoms. The Morgan fingerprint density at radius 2 is 2.07 bits per heavy atom. The molecule has 0 spiro atoms. The summed E-state index contributed by atoms with van der Waals surface area (Å²) in [5.41, 5.74) is 2.44. The van der Waals surface area contributed by atoms with Crippen molar-refractivity contribution in [3.63, 3.8) is 0 Å². The number of nitrogens with zero attached hydrogens (tertiary/aromatic N) is 2. The lowest BCUT2D eigenvalue weighted by Crippen LogP contribution is -2.06. The van der Waals surface area contributed by atoms with Crippen LogP contribution >= 0.6 is 0 Å². The highest BCUT2D eigenvalue weighted by molar-refractivity contribution is 5.55. The van der Waals surface area contributed by atoms with Gasteiger partial charge in [0.2, 0.25) is 5.82 Å². The monoisotopic (exact) mass is 212 g/mol. The lowest BCUT2D eigenvalue weighted by Gasteiger charge is -1.95. The average Bonchev–Trinajstić information content (AvgIpc) is 2.70. The molecule has 78 valence electrons. The Balaban J connectivity index is 2.40. The molecule has 0 atom stereocenters.